The third kappa shape index (κ3) is 3.62. The van der Waals surface area contributed by atoms with Gasteiger partial charge in [0.2, 0.25) is 5.69 Å². The molecular weight excluding hydrogens is 324 g/mol. The van der Waals surface area contributed by atoms with Gasteiger partial charge in [0.15, 0.2) is 0 Å². The number of rotatable bonds is 4. The summed E-state index contributed by atoms with van der Waals surface area (Å²) in [6.07, 6.45) is 0. The molecule has 0 spiro atoms. The van der Waals surface area contributed by atoms with Crippen molar-refractivity contribution in [1.29, 1.82) is 0 Å². The Morgan fingerprint density at radius 3 is 2.52 bits per heavy atom. The van der Waals surface area contributed by atoms with Gasteiger partial charge in [0.25, 0.3) is 5.91 Å². The summed E-state index contributed by atoms with van der Waals surface area (Å²) in [7, 11) is 3.05. The maximum absolute atomic E-state index is 12.6. The van der Waals surface area contributed by atoms with Gasteiger partial charge in [-0.05, 0) is 30.0 Å². The smallest absolute Gasteiger partial charge is 0.322 e. The van der Waals surface area contributed by atoms with Crippen molar-refractivity contribution in [3.8, 4) is 5.75 Å². The first-order chi connectivity index (χ1) is 11.6. The Balaban J connectivity index is 2.45. The van der Waals surface area contributed by atoms with Gasteiger partial charge in [-0.2, -0.15) is 5.10 Å². The molecule has 1 amide bonds. The predicted molar refractivity (Wildman–Crippen MR) is 94.2 cm³/mol. The minimum absolute atomic E-state index is 0.126. The van der Waals surface area contributed by atoms with Gasteiger partial charge >= 0.3 is 5.69 Å². The summed E-state index contributed by atoms with van der Waals surface area (Å²) in [5.41, 5.74) is 1.09. The molecule has 0 unspecified atom stereocenters. The second-order valence-corrected chi connectivity index (χ2v) is 6.78. The number of aryl methyl sites for hydroxylation is 1. The SMILES string of the molecule is COc1ccc(C(C)(C)C)cc1NC(=O)c1nn(C)c(C)c1[N+](=O)[O-]. The van der Waals surface area contributed by atoms with Crippen LogP contribution in [0.1, 0.15) is 42.5 Å². The van der Waals surface area contributed by atoms with Gasteiger partial charge in [-0.1, -0.05) is 26.8 Å². The number of nitro groups is 1. The zero-order valence-electron chi connectivity index (χ0n) is 15.2. The Hall–Kier alpha value is -2.90. The van der Waals surface area contributed by atoms with Gasteiger partial charge in [0, 0.05) is 7.05 Å². The Kier molecular flexibility index (Phi) is 4.82. The van der Waals surface area contributed by atoms with E-state index in [1.807, 2.05) is 26.8 Å². The fraction of sp³-hybridized carbons (Fsp3) is 0.412. The molecule has 1 heterocycles. The van der Waals surface area contributed by atoms with E-state index in [-0.39, 0.29) is 16.8 Å². The Morgan fingerprint density at radius 1 is 1.36 bits per heavy atom. The molecule has 0 aliphatic rings. The number of benzene rings is 1. The van der Waals surface area contributed by atoms with Gasteiger partial charge in [0.1, 0.15) is 11.4 Å². The molecule has 0 aliphatic heterocycles. The number of anilines is 1. The van der Waals surface area contributed by atoms with E-state index in [0.29, 0.717) is 17.1 Å². The number of aromatic nitrogens is 2. The zero-order chi connectivity index (χ0) is 18.9. The van der Waals surface area contributed by atoms with E-state index in [1.54, 1.807) is 26.1 Å². The van der Waals surface area contributed by atoms with E-state index in [4.69, 9.17) is 4.74 Å². The molecule has 0 atom stereocenters. The van der Waals surface area contributed by atoms with Crippen molar-refractivity contribution in [2.24, 2.45) is 7.05 Å². The maximum Gasteiger partial charge on any atom is 0.322 e. The van der Waals surface area contributed by atoms with Crippen LogP contribution in [-0.2, 0) is 12.5 Å². The fourth-order valence-electron chi connectivity index (χ4n) is 2.42. The summed E-state index contributed by atoms with van der Waals surface area (Å²) in [6.45, 7) is 7.69. The molecule has 0 bridgehead atoms. The number of nitrogens with zero attached hydrogens (tertiary/aromatic N) is 3. The first-order valence-corrected chi connectivity index (χ1v) is 7.74. The van der Waals surface area contributed by atoms with Crippen molar-refractivity contribution >= 4 is 17.3 Å². The molecule has 1 N–H and O–H groups in total. The summed E-state index contributed by atoms with van der Waals surface area (Å²) in [6, 6.07) is 5.48. The molecule has 2 aromatic rings. The lowest BCUT2D eigenvalue weighted by atomic mass is 9.87. The average Bonchev–Trinajstić information content (AvgIpc) is 2.82. The lowest BCUT2D eigenvalue weighted by Gasteiger charge is -2.21. The van der Waals surface area contributed by atoms with Gasteiger partial charge in [-0.3, -0.25) is 19.6 Å². The third-order valence-corrected chi connectivity index (χ3v) is 4.01. The van der Waals surface area contributed by atoms with Crippen LogP contribution in [0.3, 0.4) is 0 Å². The van der Waals surface area contributed by atoms with E-state index in [1.165, 1.54) is 11.8 Å². The number of carbonyl (C=O) groups is 1. The maximum atomic E-state index is 12.6. The average molecular weight is 346 g/mol. The molecule has 25 heavy (non-hydrogen) atoms. The molecule has 8 nitrogen and oxygen atoms in total. The number of methoxy groups -OCH3 is 1. The van der Waals surface area contributed by atoms with Crippen molar-refractivity contribution in [3.63, 3.8) is 0 Å². The zero-order valence-corrected chi connectivity index (χ0v) is 15.2. The van der Waals surface area contributed by atoms with Crippen molar-refractivity contribution < 1.29 is 14.5 Å². The number of carbonyl (C=O) groups excluding carboxylic acids is 1. The molecule has 8 heteroatoms. The molecule has 1 aromatic carbocycles. The summed E-state index contributed by atoms with van der Waals surface area (Å²) >= 11 is 0. The number of hydrogen-bond donors (Lipinski definition) is 1. The number of amides is 1. The Labute approximate surface area is 145 Å². The minimum atomic E-state index is -0.653. The van der Waals surface area contributed by atoms with Crippen molar-refractivity contribution in [2.75, 3.05) is 12.4 Å². The molecule has 134 valence electrons. The predicted octanol–water partition coefficient (Wildman–Crippen LogP) is 3.20. The Bertz CT molecular complexity index is 834. The number of hydrogen-bond acceptors (Lipinski definition) is 5. The standard InChI is InChI=1S/C17H22N4O4/c1-10-15(21(23)24)14(19-20(10)5)16(22)18-12-9-11(17(2,3)4)7-8-13(12)25-6/h7-9H,1-6H3,(H,18,22). The van der Waals surface area contributed by atoms with Crippen LogP contribution < -0.4 is 10.1 Å². The van der Waals surface area contributed by atoms with E-state index < -0.39 is 10.8 Å². The van der Waals surface area contributed by atoms with Crippen LogP contribution in [0.4, 0.5) is 11.4 Å². The van der Waals surface area contributed by atoms with Gasteiger partial charge in [-0.25, -0.2) is 0 Å². The summed E-state index contributed by atoms with van der Waals surface area (Å²) in [5, 5.41) is 17.9. The van der Waals surface area contributed by atoms with Crippen molar-refractivity contribution in [1.82, 2.24) is 9.78 Å². The highest BCUT2D eigenvalue weighted by molar-refractivity contribution is 6.06. The van der Waals surface area contributed by atoms with Gasteiger partial charge in [-0.15, -0.1) is 0 Å². The molecule has 0 fully saturated rings. The van der Waals surface area contributed by atoms with Crippen LogP contribution >= 0.6 is 0 Å². The highest BCUT2D eigenvalue weighted by Crippen LogP contribution is 2.32. The minimum Gasteiger partial charge on any atom is -0.495 e. The number of nitrogens with one attached hydrogen (secondary N) is 1. The van der Waals surface area contributed by atoms with Crippen LogP contribution in [-0.4, -0.2) is 27.7 Å². The normalized spacial score (nSPS) is 11.3. The highest BCUT2D eigenvalue weighted by Gasteiger charge is 2.29. The van der Waals surface area contributed by atoms with Gasteiger partial charge < -0.3 is 10.1 Å². The van der Waals surface area contributed by atoms with Gasteiger partial charge in [0.05, 0.1) is 17.7 Å². The van der Waals surface area contributed by atoms with E-state index in [9.17, 15) is 14.9 Å². The molecule has 0 saturated carbocycles. The van der Waals surface area contributed by atoms with Crippen LogP contribution in [0.25, 0.3) is 0 Å². The molecule has 2 rings (SSSR count). The summed E-state index contributed by atoms with van der Waals surface area (Å²) < 4.78 is 6.60. The number of ether oxygens (including phenoxy) is 1. The van der Waals surface area contributed by atoms with E-state index in [2.05, 4.69) is 10.4 Å². The Morgan fingerprint density at radius 2 is 2.00 bits per heavy atom. The third-order valence-electron chi connectivity index (χ3n) is 4.01. The molecule has 0 saturated heterocycles. The summed E-state index contributed by atoms with van der Waals surface area (Å²) in [5.74, 6) is -0.184. The van der Waals surface area contributed by atoms with E-state index in [0.717, 1.165) is 5.56 Å². The topological polar surface area (TPSA) is 99.3 Å². The largest absolute Gasteiger partial charge is 0.495 e. The van der Waals surface area contributed by atoms with Crippen LogP contribution in [0.2, 0.25) is 0 Å². The first-order valence-electron chi connectivity index (χ1n) is 7.74. The first kappa shape index (κ1) is 18.4. The van der Waals surface area contributed by atoms with E-state index >= 15 is 0 Å². The lowest BCUT2D eigenvalue weighted by molar-refractivity contribution is -0.385. The lowest BCUT2D eigenvalue weighted by Crippen LogP contribution is -2.17. The summed E-state index contributed by atoms with van der Waals surface area (Å²) in [4.78, 5) is 23.3. The molecular formula is C17H22N4O4. The van der Waals surface area contributed by atoms with Crippen LogP contribution in [0.15, 0.2) is 18.2 Å². The molecule has 0 aliphatic carbocycles. The second kappa shape index (κ2) is 6.54. The highest BCUT2D eigenvalue weighted by atomic mass is 16.6. The second-order valence-electron chi connectivity index (χ2n) is 6.78. The fourth-order valence-corrected chi connectivity index (χ4v) is 2.42. The monoisotopic (exact) mass is 346 g/mol. The van der Waals surface area contributed by atoms with Crippen molar-refractivity contribution in [2.45, 2.75) is 33.1 Å². The van der Waals surface area contributed by atoms with Crippen LogP contribution in [0.5, 0.6) is 5.75 Å². The molecule has 1 aromatic heterocycles. The molecule has 0 radical (unpaired) electrons. The van der Waals surface area contributed by atoms with Crippen molar-refractivity contribution in [3.05, 3.63) is 45.3 Å². The van der Waals surface area contributed by atoms with Crippen LogP contribution in [0, 0.1) is 17.0 Å². The quantitative estimate of drug-likeness (QED) is 0.677.